The molecule has 5 nitrogen and oxygen atoms in total. The summed E-state index contributed by atoms with van der Waals surface area (Å²) in [5, 5.41) is 2.87. The Morgan fingerprint density at radius 1 is 1.10 bits per heavy atom. The fourth-order valence-electron chi connectivity index (χ4n) is 2.98. The van der Waals surface area contributed by atoms with E-state index in [0.717, 1.165) is 32.1 Å². The zero-order valence-electron chi connectivity index (χ0n) is 17.8. The molecule has 0 radical (unpaired) electrons. The first-order valence-corrected chi connectivity index (χ1v) is 11.5. The number of aryl methyl sites for hydroxylation is 2. The maximum atomic E-state index is 13.0. The van der Waals surface area contributed by atoms with Crippen LogP contribution in [-0.4, -0.2) is 35.9 Å². The lowest BCUT2D eigenvalue weighted by Crippen LogP contribution is -2.49. The Morgan fingerprint density at radius 3 is 2.27 bits per heavy atom. The van der Waals surface area contributed by atoms with Crippen LogP contribution in [0.2, 0.25) is 0 Å². The summed E-state index contributed by atoms with van der Waals surface area (Å²) >= 11 is 6.96. The zero-order chi connectivity index (χ0) is 22.3. The van der Waals surface area contributed by atoms with E-state index in [1.807, 2.05) is 57.2 Å². The van der Waals surface area contributed by atoms with Crippen molar-refractivity contribution >= 4 is 43.7 Å². The molecule has 0 aromatic heterocycles. The summed E-state index contributed by atoms with van der Waals surface area (Å²) in [6.07, 6.45) is 0.838. The standard InChI is InChI=1S/C23H28Br2N2O3/c1-5-10-26-23(29)17(4)27(13-18-6-8-19(24)9-7-18)21(28)14-30-20-11-15(2)22(25)16(3)12-20/h6-9,11-12,17H,5,10,13-14H2,1-4H3,(H,26,29)/t17-/m0/s1. The average molecular weight is 540 g/mol. The Kier molecular flexibility index (Phi) is 9.37. The van der Waals surface area contributed by atoms with E-state index in [9.17, 15) is 9.59 Å². The van der Waals surface area contributed by atoms with E-state index in [4.69, 9.17) is 4.74 Å². The smallest absolute Gasteiger partial charge is 0.261 e. The fraction of sp³-hybridized carbons (Fsp3) is 0.391. The van der Waals surface area contributed by atoms with Gasteiger partial charge in [-0.25, -0.2) is 0 Å². The Morgan fingerprint density at radius 2 is 1.70 bits per heavy atom. The molecular weight excluding hydrogens is 512 g/mol. The van der Waals surface area contributed by atoms with Crippen molar-refractivity contribution in [2.75, 3.05) is 13.2 Å². The van der Waals surface area contributed by atoms with Gasteiger partial charge in [-0.1, -0.05) is 50.9 Å². The van der Waals surface area contributed by atoms with Crippen LogP contribution in [0.5, 0.6) is 5.75 Å². The van der Waals surface area contributed by atoms with Gasteiger partial charge in [-0.2, -0.15) is 0 Å². The summed E-state index contributed by atoms with van der Waals surface area (Å²) in [6, 6.07) is 10.9. The molecule has 162 valence electrons. The van der Waals surface area contributed by atoms with E-state index in [1.54, 1.807) is 11.8 Å². The van der Waals surface area contributed by atoms with Crippen LogP contribution < -0.4 is 10.1 Å². The van der Waals surface area contributed by atoms with Crippen LogP contribution in [0.25, 0.3) is 0 Å². The van der Waals surface area contributed by atoms with E-state index in [2.05, 4.69) is 37.2 Å². The lowest BCUT2D eigenvalue weighted by atomic mass is 10.1. The number of amides is 2. The molecule has 7 heteroatoms. The highest BCUT2D eigenvalue weighted by atomic mass is 79.9. The molecule has 0 heterocycles. The lowest BCUT2D eigenvalue weighted by Gasteiger charge is -2.28. The van der Waals surface area contributed by atoms with Gasteiger partial charge in [0.25, 0.3) is 5.91 Å². The number of hydrogen-bond donors (Lipinski definition) is 1. The van der Waals surface area contributed by atoms with Gasteiger partial charge in [-0.3, -0.25) is 9.59 Å². The number of carbonyl (C=O) groups excluding carboxylic acids is 2. The Labute approximate surface area is 195 Å². The van der Waals surface area contributed by atoms with Crippen molar-refractivity contribution in [1.82, 2.24) is 10.2 Å². The molecule has 0 saturated carbocycles. The molecule has 1 atom stereocenters. The molecule has 2 aromatic carbocycles. The van der Waals surface area contributed by atoms with E-state index in [1.165, 1.54) is 0 Å². The van der Waals surface area contributed by atoms with E-state index in [-0.39, 0.29) is 18.4 Å². The van der Waals surface area contributed by atoms with Gasteiger partial charge in [-0.15, -0.1) is 0 Å². The summed E-state index contributed by atoms with van der Waals surface area (Å²) in [7, 11) is 0. The second-order valence-electron chi connectivity index (χ2n) is 7.27. The third kappa shape index (κ3) is 6.84. The molecule has 0 saturated heterocycles. The van der Waals surface area contributed by atoms with Gasteiger partial charge in [0.15, 0.2) is 6.61 Å². The molecule has 0 unspecified atom stereocenters. The molecule has 0 bridgehead atoms. The first-order valence-electron chi connectivity index (χ1n) is 9.94. The largest absolute Gasteiger partial charge is 0.484 e. The maximum Gasteiger partial charge on any atom is 0.261 e. The first-order chi connectivity index (χ1) is 14.2. The van der Waals surface area contributed by atoms with Crippen LogP contribution in [0.15, 0.2) is 45.3 Å². The molecule has 0 fully saturated rings. The number of hydrogen-bond acceptors (Lipinski definition) is 3. The molecule has 30 heavy (non-hydrogen) atoms. The van der Waals surface area contributed by atoms with Gasteiger partial charge in [0.1, 0.15) is 11.8 Å². The van der Waals surface area contributed by atoms with Crippen LogP contribution >= 0.6 is 31.9 Å². The highest BCUT2D eigenvalue weighted by Gasteiger charge is 2.26. The van der Waals surface area contributed by atoms with Gasteiger partial charge >= 0.3 is 0 Å². The van der Waals surface area contributed by atoms with Gasteiger partial charge in [0.05, 0.1) is 0 Å². The topological polar surface area (TPSA) is 58.6 Å². The van der Waals surface area contributed by atoms with Crippen molar-refractivity contribution in [3.05, 3.63) is 62.0 Å². The lowest BCUT2D eigenvalue weighted by molar-refractivity contribution is -0.142. The van der Waals surface area contributed by atoms with Crippen molar-refractivity contribution in [3.63, 3.8) is 0 Å². The Balaban J connectivity index is 2.16. The van der Waals surface area contributed by atoms with Crippen molar-refractivity contribution in [3.8, 4) is 5.75 Å². The molecular formula is C23H28Br2N2O3. The SMILES string of the molecule is CCCNC(=O)[C@H](C)N(Cc1ccc(Br)cc1)C(=O)COc1cc(C)c(Br)c(C)c1. The van der Waals surface area contributed by atoms with Gasteiger partial charge in [0, 0.05) is 22.0 Å². The molecule has 2 aromatic rings. The minimum absolute atomic E-state index is 0.136. The summed E-state index contributed by atoms with van der Waals surface area (Å²) in [5.74, 6) is 0.223. The molecule has 2 rings (SSSR count). The number of nitrogens with one attached hydrogen (secondary N) is 1. The minimum Gasteiger partial charge on any atom is -0.484 e. The second-order valence-corrected chi connectivity index (χ2v) is 8.98. The number of nitrogens with zero attached hydrogens (tertiary/aromatic N) is 1. The third-order valence-electron chi connectivity index (χ3n) is 4.75. The van der Waals surface area contributed by atoms with Crippen LogP contribution in [0.3, 0.4) is 0 Å². The summed E-state index contributed by atoms with van der Waals surface area (Å²) in [6.45, 7) is 8.47. The van der Waals surface area contributed by atoms with Crippen LogP contribution in [0, 0.1) is 13.8 Å². The van der Waals surface area contributed by atoms with Gasteiger partial charge in [0.2, 0.25) is 5.91 Å². The van der Waals surface area contributed by atoms with Crippen LogP contribution in [-0.2, 0) is 16.1 Å². The first kappa shape index (κ1) is 24.4. The molecule has 0 aliphatic rings. The van der Waals surface area contributed by atoms with Crippen molar-refractivity contribution in [1.29, 1.82) is 0 Å². The number of carbonyl (C=O) groups is 2. The third-order valence-corrected chi connectivity index (χ3v) is 6.53. The molecule has 2 amide bonds. The highest BCUT2D eigenvalue weighted by Crippen LogP contribution is 2.26. The summed E-state index contributed by atoms with van der Waals surface area (Å²) in [4.78, 5) is 27.1. The predicted molar refractivity (Wildman–Crippen MR) is 127 cm³/mol. The van der Waals surface area contributed by atoms with Crippen LogP contribution in [0.4, 0.5) is 0 Å². The highest BCUT2D eigenvalue weighted by molar-refractivity contribution is 9.10. The Hall–Kier alpha value is -1.86. The minimum atomic E-state index is -0.607. The van der Waals surface area contributed by atoms with Gasteiger partial charge in [-0.05, 0) is 68.1 Å². The van der Waals surface area contributed by atoms with Gasteiger partial charge < -0.3 is 15.0 Å². The van der Waals surface area contributed by atoms with Crippen molar-refractivity contribution in [2.45, 2.75) is 46.7 Å². The van der Waals surface area contributed by atoms with Crippen molar-refractivity contribution < 1.29 is 14.3 Å². The van der Waals surface area contributed by atoms with E-state index >= 15 is 0 Å². The molecule has 0 aliphatic heterocycles. The van der Waals surface area contributed by atoms with E-state index < -0.39 is 6.04 Å². The quantitative estimate of drug-likeness (QED) is 0.479. The summed E-state index contributed by atoms with van der Waals surface area (Å²) in [5.41, 5.74) is 3.02. The monoisotopic (exact) mass is 538 g/mol. The summed E-state index contributed by atoms with van der Waals surface area (Å²) < 4.78 is 7.77. The molecule has 0 aliphatic carbocycles. The number of benzene rings is 2. The Bertz CT molecular complexity index is 862. The molecule has 1 N–H and O–H groups in total. The predicted octanol–water partition coefficient (Wildman–Crippen LogP) is 5.15. The average Bonchev–Trinajstić information content (AvgIpc) is 2.73. The second kappa shape index (κ2) is 11.5. The van der Waals surface area contributed by atoms with E-state index in [0.29, 0.717) is 18.8 Å². The number of rotatable bonds is 9. The van der Waals surface area contributed by atoms with Crippen molar-refractivity contribution in [2.24, 2.45) is 0 Å². The maximum absolute atomic E-state index is 13.0. The zero-order valence-corrected chi connectivity index (χ0v) is 21.0. The van der Waals surface area contributed by atoms with Crippen LogP contribution in [0.1, 0.15) is 37.0 Å². The number of ether oxygens (including phenoxy) is 1. The molecule has 0 spiro atoms. The normalized spacial score (nSPS) is 11.7. The number of halogens is 2. The fourth-order valence-corrected chi connectivity index (χ4v) is 3.48.